The number of carbonyl (C=O) groups is 4. The lowest BCUT2D eigenvalue weighted by atomic mass is 9.92. The van der Waals surface area contributed by atoms with Crippen LogP contribution < -0.4 is 15.4 Å². The number of aromatic nitrogens is 4. The van der Waals surface area contributed by atoms with E-state index in [0.29, 0.717) is 44.2 Å². The van der Waals surface area contributed by atoms with Crippen molar-refractivity contribution in [2.75, 3.05) is 34.4 Å². The van der Waals surface area contributed by atoms with Crippen LogP contribution in [0.15, 0.2) is 48.7 Å². The first kappa shape index (κ1) is 40.6. The van der Waals surface area contributed by atoms with Crippen LogP contribution in [0.5, 0.6) is 5.75 Å². The number of imidazole rings is 2. The summed E-state index contributed by atoms with van der Waals surface area (Å²) in [6, 6.07) is 12.4. The number of amides is 4. The summed E-state index contributed by atoms with van der Waals surface area (Å²) in [5, 5.41) is 7.25. The van der Waals surface area contributed by atoms with Crippen molar-refractivity contribution in [2.45, 2.75) is 83.8 Å². The zero-order valence-electron chi connectivity index (χ0n) is 35.0. The molecule has 3 aliphatic rings. The van der Waals surface area contributed by atoms with Crippen molar-refractivity contribution in [3.8, 4) is 28.1 Å². The Hall–Kier alpha value is -6.16. The molecule has 60 heavy (non-hydrogen) atoms. The van der Waals surface area contributed by atoms with Crippen molar-refractivity contribution < 1.29 is 38.1 Å². The molecular weight excluding hydrogens is 769 g/mol. The fraction of sp³-hybridized carbons (Fsp3) is 0.455. The van der Waals surface area contributed by atoms with Gasteiger partial charge in [0.05, 0.1) is 55.3 Å². The van der Waals surface area contributed by atoms with E-state index in [1.807, 2.05) is 24.0 Å². The van der Waals surface area contributed by atoms with Gasteiger partial charge in [-0.3, -0.25) is 9.59 Å². The lowest BCUT2D eigenvalue weighted by Gasteiger charge is -2.30. The summed E-state index contributed by atoms with van der Waals surface area (Å²) in [7, 11) is 4.05. The summed E-state index contributed by atoms with van der Waals surface area (Å²) < 4.78 is 21.4. The molecule has 0 saturated carbocycles. The number of nitrogens with zero attached hydrogens (tertiary/aromatic N) is 4. The quantitative estimate of drug-likeness (QED) is 0.123. The molecule has 4 N–H and O–H groups in total. The highest BCUT2D eigenvalue weighted by Crippen LogP contribution is 2.44. The summed E-state index contributed by atoms with van der Waals surface area (Å²) in [5.41, 5.74) is 6.51. The predicted octanol–water partition coefficient (Wildman–Crippen LogP) is 6.38. The number of hydrogen-bond acceptors (Lipinski definition) is 10. The summed E-state index contributed by atoms with van der Waals surface area (Å²) in [4.78, 5) is 72.1. The van der Waals surface area contributed by atoms with Gasteiger partial charge in [-0.2, -0.15) is 0 Å². The van der Waals surface area contributed by atoms with E-state index < -0.39 is 30.4 Å². The topological polar surface area (TPSA) is 193 Å². The first-order chi connectivity index (χ1) is 28.9. The molecule has 16 nitrogen and oxygen atoms in total. The van der Waals surface area contributed by atoms with Crippen LogP contribution in [-0.4, -0.2) is 106 Å². The van der Waals surface area contributed by atoms with Gasteiger partial charge in [0, 0.05) is 31.1 Å². The van der Waals surface area contributed by atoms with Crippen LogP contribution in [0.2, 0.25) is 0 Å². The molecule has 0 radical (unpaired) electrons. The lowest BCUT2D eigenvalue weighted by molar-refractivity contribution is -0.137. The van der Waals surface area contributed by atoms with Crippen LogP contribution >= 0.6 is 0 Å². The van der Waals surface area contributed by atoms with E-state index in [-0.39, 0.29) is 35.7 Å². The molecule has 2 fully saturated rings. The molecule has 0 spiro atoms. The highest BCUT2D eigenvalue weighted by Gasteiger charge is 2.42. The van der Waals surface area contributed by atoms with Crippen molar-refractivity contribution in [3.05, 3.63) is 65.9 Å². The average molecular weight is 821 g/mol. The monoisotopic (exact) mass is 820 g/mol. The third-order valence-electron chi connectivity index (χ3n) is 12.2. The third-order valence-corrected chi connectivity index (χ3v) is 12.2. The fourth-order valence-electron chi connectivity index (χ4n) is 9.00. The highest BCUT2D eigenvalue weighted by atomic mass is 16.5. The van der Waals surface area contributed by atoms with E-state index >= 15 is 0 Å². The number of nitrogens with one attached hydrogen (secondary N) is 4. The number of fused-ring (bicyclic) bond motifs is 6. The van der Waals surface area contributed by atoms with E-state index in [4.69, 9.17) is 28.9 Å². The Labute approximate surface area is 347 Å². The van der Waals surface area contributed by atoms with Gasteiger partial charge >= 0.3 is 12.2 Å². The number of H-pyrrole nitrogens is 2. The van der Waals surface area contributed by atoms with Gasteiger partial charge < -0.3 is 49.3 Å². The second-order valence-corrected chi connectivity index (χ2v) is 16.3. The number of carbonyl (C=O) groups excluding carboxylic acids is 4. The zero-order valence-corrected chi connectivity index (χ0v) is 35.0. The van der Waals surface area contributed by atoms with Gasteiger partial charge in [-0.15, -0.1) is 0 Å². The molecule has 2 saturated heterocycles. The molecule has 3 aliphatic heterocycles. The molecule has 0 aliphatic carbocycles. The van der Waals surface area contributed by atoms with Crippen molar-refractivity contribution >= 4 is 45.8 Å². The minimum atomic E-state index is -0.929. The molecule has 5 heterocycles. The molecule has 2 aromatic heterocycles. The first-order valence-electron chi connectivity index (χ1n) is 20.5. The van der Waals surface area contributed by atoms with E-state index in [9.17, 15) is 19.2 Å². The Balaban J connectivity index is 1.04. The molecule has 7 atom stereocenters. The van der Waals surface area contributed by atoms with Crippen LogP contribution in [0.1, 0.15) is 76.3 Å². The van der Waals surface area contributed by atoms with E-state index in [1.54, 1.807) is 18.0 Å². The SMILES string of the molecule is CCC(NC(=O)OC)C(=O)N1C[C@@H](C)CC1c1ncc(-c2ccc3c(c2)COc2cc4c(ccc5[nH]c(C6C[C@H](C)CN6C(=O)[C@@H](NC(=O)OC)[C@@H](C)OC)nc54)cc2-3)[nH]1. The van der Waals surface area contributed by atoms with E-state index in [1.165, 1.54) is 21.3 Å². The molecule has 16 heteroatoms. The normalized spacial score (nSPS) is 21.2. The summed E-state index contributed by atoms with van der Waals surface area (Å²) in [6.45, 7) is 9.27. The number of benzene rings is 3. The van der Waals surface area contributed by atoms with Crippen molar-refractivity contribution in [1.82, 2.24) is 40.4 Å². The van der Waals surface area contributed by atoms with Gasteiger partial charge in [-0.1, -0.05) is 39.0 Å². The Bertz CT molecular complexity index is 2460. The van der Waals surface area contributed by atoms with Crippen LogP contribution in [0.3, 0.4) is 0 Å². The number of aromatic amines is 2. The lowest BCUT2D eigenvalue weighted by Crippen LogP contribution is -2.54. The maximum absolute atomic E-state index is 14.0. The number of alkyl carbamates (subject to hydrolysis) is 2. The van der Waals surface area contributed by atoms with Crippen LogP contribution in [0, 0.1) is 11.8 Å². The van der Waals surface area contributed by atoms with Crippen LogP contribution in [0.4, 0.5) is 9.59 Å². The fourth-order valence-corrected chi connectivity index (χ4v) is 9.00. The Morgan fingerprint density at radius 3 is 2.27 bits per heavy atom. The largest absolute Gasteiger partial charge is 0.488 e. The maximum atomic E-state index is 14.0. The molecule has 8 rings (SSSR count). The van der Waals surface area contributed by atoms with Gasteiger partial charge in [-0.25, -0.2) is 19.6 Å². The summed E-state index contributed by atoms with van der Waals surface area (Å²) in [5.74, 6) is 2.21. The number of ether oxygens (including phenoxy) is 4. The van der Waals surface area contributed by atoms with Crippen molar-refractivity contribution in [2.24, 2.45) is 11.8 Å². The van der Waals surface area contributed by atoms with Gasteiger partial charge in [-0.05, 0) is 84.4 Å². The smallest absolute Gasteiger partial charge is 0.407 e. The molecule has 3 aromatic carbocycles. The number of likely N-dealkylation sites (tertiary alicyclic amines) is 2. The second-order valence-electron chi connectivity index (χ2n) is 16.3. The maximum Gasteiger partial charge on any atom is 0.407 e. The summed E-state index contributed by atoms with van der Waals surface area (Å²) >= 11 is 0. The number of methoxy groups -OCH3 is 3. The minimum absolute atomic E-state index is 0.152. The van der Waals surface area contributed by atoms with E-state index in [2.05, 4.69) is 64.8 Å². The van der Waals surface area contributed by atoms with Crippen LogP contribution in [0.25, 0.3) is 44.2 Å². The van der Waals surface area contributed by atoms with Gasteiger partial charge in [0.15, 0.2) is 0 Å². The third kappa shape index (κ3) is 7.48. The van der Waals surface area contributed by atoms with Crippen molar-refractivity contribution in [3.63, 3.8) is 0 Å². The minimum Gasteiger partial charge on any atom is -0.488 e. The molecular formula is C44H52N8O8. The Morgan fingerprint density at radius 2 is 1.57 bits per heavy atom. The highest BCUT2D eigenvalue weighted by molar-refractivity contribution is 6.07. The number of rotatable bonds is 10. The van der Waals surface area contributed by atoms with Gasteiger partial charge in [0.2, 0.25) is 11.8 Å². The van der Waals surface area contributed by atoms with Gasteiger partial charge in [0.1, 0.15) is 36.1 Å². The standard InChI is InChI=1S/C44H52N8O8/c1-8-31(48-43(55)58-6)41(53)51-19-22(2)13-34(51)39-45-18-33(47-39)26-9-11-28-27(15-26)21-60-36-17-29-25(16-30(28)36)10-12-32-38(29)49-40(46-32)35-14-23(3)20-52(35)42(54)37(24(4)57-5)50-44(56)59-7/h9-12,15-18,22-24,31,34-35,37H,8,13-14,19-21H2,1-7H3,(H,45,47)(H,46,49)(H,48,55)(H,50,56)/t22-,23-,24+,31?,34?,35?,37-/m0/s1. The zero-order chi connectivity index (χ0) is 42.4. The number of hydrogen-bond donors (Lipinski definition) is 4. The van der Waals surface area contributed by atoms with Crippen molar-refractivity contribution in [1.29, 1.82) is 0 Å². The predicted molar refractivity (Wildman–Crippen MR) is 223 cm³/mol. The molecule has 316 valence electrons. The average Bonchev–Trinajstić information content (AvgIpc) is 4.08. The van der Waals surface area contributed by atoms with Gasteiger partial charge in [0.25, 0.3) is 0 Å². The van der Waals surface area contributed by atoms with E-state index in [0.717, 1.165) is 61.9 Å². The summed E-state index contributed by atoms with van der Waals surface area (Å²) in [6.07, 6.45) is 1.80. The molecule has 4 amide bonds. The van der Waals surface area contributed by atoms with Crippen LogP contribution in [-0.2, 0) is 30.4 Å². The second kappa shape index (κ2) is 16.5. The molecule has 3 unspecified atom stereocenters. The Kier molecular flexibility index (Phi) is 11.2. The molecule has 5 aromatic rings. The first-order valence-corrected chi connectivity index (χ1v) is 20.5. The molecule has 0 bridgehead atoms. The Morgan fingerprint density at radius 1 is 0.867 bits per heavy atom.